The van der Waals surface area contributed by atoms with Crippen molar-refractivity contribution in [3.8, 4) is 0 Å². The zero-order valence-corrected chi connectivity index (χ0v) is 8.82. The summed E-state index contributed by atoms with van der Waals surface area (Å²) in [6, 6.07) is 8.06. The first-order valence-electron chi connectivity index (χ1n) is 4.58. The van der Waals surface area contributed by atoms with Gasteiger partial charge in [0.2, 0.25) is 0 Å². The Labute approximate surface area is 84.9 Å². The molecule has 0 unspecified atom stereocenters. The van der Waals surface area contributed by atoms with Gasteiger partial charge in [0.15, 0.2) is 5.78 Å². The minimum atomic E-state index is 0.0606. The van der Waals surface area contributed by atoms with Crippen LogP contribution in [-0.4, -0.2) is 12.8 Å². The Morgan fingerprint density at radius 2 is 2.00 bits per heavy atom. The molecule has 0 bridgehead atoms. The summed E-state index contributed by atoms with van der Waals surface area (Å²) in [4.78, 5) is 12.7. The molecule has 0 radical (unpaired) electrons. The lowest BCUT2D eigenvalue weighted by Gasteiger charge is -2.16. The molecule has 74 valence electrons. The van der Waals surface area contributed by atoms with Gasteiger partial charge in [-0.3, -0.25) is 4.79 Å². The van der Waals surface area contributed by atoms with Crippen LogP contribution in [0.1, 0.15) is 12.5 Å². The Morgan fingerprint density at radius 1 is 1.36 bits per heavy atom. The van der Waals surface area contributed by atoms with Crippen LogP contribution in [0.5, 0.6) is 0 Å². The van der Waals surface area contributed by atoms with Gasteiger partial charge in [0.1, 0.15) is 0 Å². The quantitative estimate of drug-likeness (QED) is 0.681. The van der Waals surface area contributed by atoms with Gasteiger partial charge in [0, 0.05) is 18.9 Å². The normalized spacial score (nSPS) is 10.5. The number of benzene rings is 1. The molecule has 1 aromatic rings. The Bertz CT molecular complexity index is 355. The van der Waals surface area contributed by atoms with Crippen molar-refractivity contribution in [1.29, 1.82) is 0 Å². The molecule has 0 aliphatic carbocycles. The van der Waals surface area contributed by atoms with Crippen molar-refractivity contribution in [2.45, 2.75) is 13.8 Å². The standard InChI is InChI=1S/C12H15NO/c1-10-6-4-5-7-12(10)13(3)9-8-11(2)14/h4-9H,1-3H3/b9-8+. The second kappa shape index (κ2) is 4.61. The van der Waals surface area contributed by atoms with Crippen molar-refractivity contribution in [2.24, 2.45) is 0 Å². The fourth-order valence-electron chi connectivity index (χ4n) is 1.26. The monoisotopic (exact) mass is 189 g/mol. The maximum Gasteiger partial charge on any atom is 0.154 e. The van der Waals surface area contributed by atoms with E-state index in [4.69, 9.17) is 0 Å². The zero-order valence-electron chi connectivity index (χ0n) is 8.82. The Morgan fingerprint density at radius 3 is 2.57 bits per heavy atom. The Balaban J connectivity index is 2.84. The van der Waals surface area contributed by atoms with E-state index in [1.807, 2.05) is 43.1 Å². The molecule has 0 atom stereocenters. The average molecular weight is 189 g/mol. The van der Waals surface area contributed by atoms with Gasteiger partial charge < -0.3 is 4.90 Å². The van der Waals surface area contributed by atoms with Gasteiger partial charge in [-0.15, -0.1) is 0 Å². The number of anilines is 1. The van der Waals surface area contributed by atoms with Crippen LogP contribution in [0, 0.1) is 6.92 Å². The number of ketones is 1. The highest BCUT2D eigenvalue weighted by atomic mass is 16.1. The van der Waals surface area contributed by atoms with Crippen molar-refractivity contribution >= 4 is 11.5 Å². The maximum absolute atomic E-state index is 10.8. The topological polar surface area (TPSA) is 20.3 Å². The molecule has 0 N–H and O–H groups in total. The van der Waals surface area contributed by atoms with Gasteiger partial charge in [-0.1, -0.05) is 18.2 Å². The summed E-state index contributed by atoms with van der Waals surface area (Å²) in [5.41, 5.74) is 2.31. The third-order valence-electron chi connectivity index (χ3n) is 2.03. The molecule has 0 saturated carbocycles. The van der Waals surface area contributed by atoms with Crippen LogP contribution in [0.4, 0.5) is 5.69 Å². The smallest absolute Gasteiger partial charge is 0.154 e. The number of rotatable bonds is 3. The number of carbonyl (C=O) groups excluding carboxylic acids is 1. The lowest BCUT2D eigenvalue weighted by Crippen LogP contribution is -2.09. The van der Waals surface area contributed by atoms with Crippen molar-refractivity contribution in [2.75, 3.05) is 11.9 Å². The molecule has 2 nitrogen and oxygen atoms in total. The van der Waals surface area contributed by atoms with Gasteiger partial charge in [-0.25, -0.2) is 0 Å². The molecule has 0 aliphatic rings. The predicted molar refractivity (Wildman–Crippen MR) is 59.4 cm³/mol. The lowest BCUT2D eigenvalue weighted by atomic mass is 10.2. The van der Waals surface area contributed by atoms with E-state index >= 15 is 0 Å². The van der Waals surface area contributed by atoms with Gasteiger partial charge in [0.25, 0.3) is 0 Å². The van der Waals surface area contributed by atoms with Crippen LogP contribution < -0.4 is 4.90 Å². The molecule has 0 saturated heterocycles. The van der Waals surface area contributed by atoms with Crippen LogP contribution in [0.2, 0.25) is 0 Å². The third kappa shape index (κ3) is 2.73. The van der Waals surface area contributed by atoms with Crippen molar-refractivity contribution in [3.63, 3.8) is 0 Å². The Kier molecular flexibility index (Phi) is 3.46. The molecule has 2 heteroatoms. The van der Waals surface area contributed by atoms with Gasteiger partial charge in [-0.05, 0) is 31.6 Å². The molecule has 1 rings (SSSR count). The van der Waals surface area contributed by atoms with E-state index in [0.717, 1.165) is 5.69 Å². The summed E-state index contributed by atoms with van der Waals surface area (Å²) in [5.74, 6) is 0.0606. The van der Waals surface area contributed by atoms with E-state index in [0.29, 0.717) is 0 Å². The molecular formula is C12H15NO. The van der Waals surface area contributed by atoms with E-state index in [9.17, 15) is 4.79 Å². The van der Waals surface area contributed by atoms with E-state index < -0.39 is 0 Å². The fourth-order valence-corrected chi connectivity index (χ4v) is 1.26. The van der Waals surface area contributed by atoms with Crippen LogP contribution in [0.25, 0.3) is 0 Å². The molecule has 14 heavy (non-hydrogen) atoms. The summed E-state index contributed by atoms with van der Waals surface area (Å²) < 4.78 is 0. The van der Waals surface area contributed by atoms with E-state index in [2.05, 4.69) is 0 Å². The third-order valence-corrected chi connectivity index (χ3v) is 2.03. The first-order valence-corrected chi connectivity index (χ1v) is 4.58. The summed E-state index contributed by atoms with van der Waals surface area (Å²) >= 11 is 0. The number of aryl methyl sites for hydroxylation is 1. The van der Waals surface area contributed by atoms with Crippen LogP contribution in [0.15, 0.2) is 36.5 Å². The first-order chi connectivity index (χ1) is 6.61. The summed E-state index contributed by atoms with van der Waals surface area (Å²) in [6.45, 7) is 3.59. The minimum Gasteiger partial charge on any atom is -0.351 e. The Hall–Kier alpha value is -1.57. The first kappa shape index (κ1) is 10.5. The highest BCUT2D eigenvalue weighted by Crippen LogP contribution is 2.17. The molecule has 0 aromatic heterocycles. The maximum atomic E-state index is 10.8. The lowest BCUT2D eigenvalue weighted by molar-refractivity contribution is -0.112. The van der Waals surface area contributed by atoms with Crippen LogP contribution in [0.3, 0.4) is 0 Å². The molecular weight excluding hydrogens is 174 g/mol. The second-order valence-corrected chi connectivity index (χ2v) is 3.32. The van der Waals surface area contributed by atoms with Crippen LogP contribution in [-0.2, 0) is 4.79 Å². The largest absolute Gasteiger partial charge is 0.351 e. The molecule has 0 fully saturated rings. The average Bonchev–Trinajstić information content (AvgIpc) is 2.15. The summed E-state index contributed by atoms with van der Waals surface area (Å²) in [5, 5.41) is 0. The molecule has 0 aliphatic heterocycles. The highest BCUT2D eigenvalue weighted by molar-refractivity contribution is 5.87. The summed E-state index contributed by atoms with van der Waals surface area (Å²) in [6.07, 6.45) is 3.34. The van der Waals surface area contributed by atoms with E-state index in [1.165, 1.54) is 5.56 Å². The SMILES string of the molecule is CC(=O)/C=C/N(C)c1ccccc1C. The van der Waals surface area contributed by atoms with Gasteiger partial charge in [0.05, 0.1) is 0 Å². The van der Waals surface area contributed by atoms with Crippen molar-refractivity contribution < 1.29 is 4.79 Å². The van der Waals surface area contributed by atoms with Crippen molar-refractivity contribution in [1.82, 2.24) is 0 Å². The van der Waals surface area contributed by atoms with Crippen LogP contribution >= 0.6 is 0 Å². The highest BCUT2D eigenvalue weighted by Gasteiger charge is 1.99. The summed E-state index contributed by atoms with van der Waals surface area (Å²) in [7, 11) is 1.93. The van der Waals surface area contributed by atoms with Gasteiger partial charge >= 0.3 is 0 Å². The zero-order chi connectivity index (χ0) is 10.6. The number of hydrogen-bond acceptors (Lipinski definition) is 2. The minimum absolute atomic E-state index is 0.0606. The van der Waals surface area contributed by atoms with E-state index in [-0.39, 0.29) is 5.78 Å². The molecule has 0 amide bonds. The molecule has 0 heterocycles. The van der Waals surface area contributed by atoms with Crippen molar-refractivity contribution in [3.05, 3.63) is 42.1 Å². The number of carbonyl (C=O) groups is 1. The molecule has 0 spiro atoms. The predicted octanol–water partition coefficient (Wildman–Crippen LogP) is 2.53. The number of nitrogens with zero attached hydrogens (tertiary/aromatic N) is 1. The number of para-hydroxylation sites is 1. The molecule has 1 aromatic carbocycles. The fraction of sp³-hybridized carbons (Fsp3) is 0.250. The number of allylic oxidation sites excluding steroid dienone is 1. The number of hydrogen-bond donors (Lipinski definition) is 0. The van der Waals surface area contributed by atoms with Gasteiger partial charge in [-0.2, -0.15) is 0 Å². The van der Waals surface area contributed by atoms with E-state index in [1.54, 1.807) is 19.2 Å². The second-order valence-electron chi connectivity index (χ2n) is 3.32.